The summed E-state index contributed by atoms with van der Waals surface area (Å²) in [4.78, 5) is 13.8. The van der Waals surface area contributed by atoms with Crippen LogP contribution in [-0.2, 0) is 9.53 Å². The monoisotopic (exact) mass is 227 g/mol. The van der Waals surface area contributed by atoms with Gasteiger partial charge in [0.25, 0.3) is 5.91 Å². The molecule has 92 valence electrons. The molecule has 1 saturated carbocycles. The van der Waals surface area contributed by atoms with Gasteiger partial charge in [-0.1, -0.05) is 12.8 Å². The summed E-state index contributed by atoms with van der Waals surface area (Å²) >= 11 is 0. The molecule has 2 fully saturated rings. The Morgan fingerprint density at radius 3 is 2.62 bits per heavy atom. The summed E-state index contributed by atoms with van der Waals surface area (Å²) in [7, 11) is 1.79. The maximum Gasteiger partial charge on any atom is 0.251 e. The molecule has 1 heterocycles. The average Bonchev–Trinajstić information content (AvgIpc) is 2.81. The van der Waals surface area contributed by atoms with E-state index in [4.69, 9.17) is 4.74 Å². The van der Waals surface area contributed by atoms with Gasteiger partial charge in [0, 0.05) is 13.7 Å². The molecule has 0 radical (unpaired) electrons. The Morgan fingerprint density at radius 2 is 2.00 bits per heavy atom. The number of hydrogen-bond acceptors (Lipinski definition) is 3. The molecule has 1 aliphatic carbocycles. The molecule has 4 heteroatoms. The van der Waals surface area contributed by atoms with Crippen LogP contribution in [0.15, 0.2) is 0 Å². The number of nitrogens with zero attached hydrogens (tertiary/aromatic N) is 1. The Morgan fingerprint density at radius 1 is 1.25 bits per heavy atom. The molecule has 0 aromatic rings. The molecule has 4 nitrogen and oxygen atoms in total. The molecule has 0 aromatic carbocycles. The first-order chi connectivity index (χ1) is 7.70. The lowest BCUT2D eigenvalue weighted by atomic mass is 9.91. The number of aliphatic hydroxyl groups excluding tert-OH is 1. The van der Waals surface area contributed by atoms with E-state index in [1.807, 2.05) is 0 Å². The second kappa shape index (κ2) is 5.15. The van der Waals surface area contributed by atoms with Crippen LogP contribution < -0.4 is 0 Å². The molecule has 1 N–H and O–H groups in total. The van der Waals surface area contributed by atoms with Crippen LogP contribution in [0.3, 0.4) is 0 Å². The highest BCUT2D eigenvalue weighted by Crippen LogP contribution is 2.24. The quantitative estimate of drug-likeness (QED) is 0.763. The van der Waals surface area contributed by atoms with Crippen LogP contribution in [0.4, 0.5) is 0 Å². The van der Waals surface area contributed by atoms with Gasteiger partial charge >= 0.3 is 0 Å². The van der Waals surface area contributed by atoms with E-state index in [1.165, 1.54) is 0 Å². The van der Waals surface area contributed by atoms with E-state index in [9.17, 15) is 9.90 Å². The molecule has 0 aromatic heterocycles. The summed E-state index contributed by atoms with van der Waals surface area (Å²) in [5.74, 6) is 0.0449. The van der Waals surface area contributed by atoms with Crippen molar-refractivity contribution in [3.05, 3.63) is 0 Å². The van der Waals surface area contributed by atoms with Crippen LogP contribution in [0.5, 0.6) is 0 Å². The van der Waals surface area contributed by atoms with Crippen molar-refractivity contribution in [2.24, 2.45) is 0 Å². The first-order valence-corrected chi connectivity index (χ1v) is 6.26. The van der Waals surface area contributed by atoms with Crippen molar-refractivity contribution >= 4 is 5.91 Å². The molecule has 1 saturated heterocycles. The summed E-state index contributed by atoms with van der Waals surface area (Å²) in [6.45, 7) is 0.692. The third kappa shape index (κ3) is 2.38. The van der Waals surface area contributed by atoms with Crippen LogP contribution in [0.1, 0.15) is 38.5 Å². The van der Waals surface area contributed by atoms with Crippen molar-refractivity contribution in [3.8, 4) is 0 Å². The van der Waals surface area contributed by atoms with Gasteiger partial charge in [0.15, 0.2) is 0 Å². The number of amides is 1. The molecular formula is C12H21NO3. The van der Waals surface area contributed by atoms with Crippen molar-refractivity contribution in [1.29, 1.82) is 0 Å². The third-order valence-corrected chi connectivity index (χ3v) is 3.74. The number of likely N-dealkylation sites (N-methyl/N-ethyl adjacent to an activating group) is 1. The zero-order chi connectivity index (χ0) is 11.5. The Labute approximate surface area is 96.6 Å². The fourth-order valence-electron chi connectivity index (χ4n) is 2.71. The maximum atomic E-state index is 12.1. The lowest BCUT2D eigenvalue weighted by molar-refractivity contribution is -0.145. The van der Waals surface area contributed by atoms with E-state index < -0.39 is 0 Å². The molecule has 2 rings (SSSR count). The molecular weight excluding hydrogens is 206 g/mol. The fourth-order valence-corrected chi connectivity index (χ4v) is 2.71. The number of hydrogen-bond donors (Lipinski definition) is 1. The van der Waals surface area contributed by atoms with Crippen LogP contribution in [0.2, 0.25) is 0 Å². The molecule has 1 amide bonds. The van der Waals surface area contributed by atoms with Crippen molar-refractivity contribution in [2.75, 3.05) is 13.7 Å². The highest BCUT2D eigenvalue weighted by atomic mass is 16.5. The highest BCUT2D eigenvalue weighted by molar-refractivity contribution is 5.81. The van der Waals surface area contributed by atoms with Crippen molar-refractivity contribution in [3.63, 3.8) is 0 Å². The van der Waals surface area contributed by atoms with Gasteiger partial charge in [-0.25, -0.2) is 0 Å². The van der Waals surface area contributed by atoms with E-state index in [1.54, 1.807) is 11.9 Å². The number of carbonyl (C=O) groups excluding carboxylic acids is 1. The zero-order valence-corrected chi connectivity index (χ0v) is 9.89. The molecule has 0 spiro atoms. The van der Waals surface area contributed by atoms with E-state index in [2.05, 4.69) is 0 Å². The van der Waals surface area contributed by atoms with Crippen molar-refractivity contribution in [2.45, 2.75) is 56.8 Å². The normalized spacial score (nSPS) is 35.0. The smallest absolute Gasteiger partial charge is 0.251 e. The van der Waals surface area contributed by atoms with Gasteiger partial charge in [-0.15, -0.1) is 0 Å². The average molecular weight is 227 g/mol. The Balaban J connectivity index is 1.94. The van der Waals surface area contributed by atoms with Gasteiger partial charge in [0.1, 0.15) is 6.10 Å². The number of carbonyl (C=O) groups is 1. The Bertz CT molecular complexity index is 251. The second-order valence-electron chi connectivity index (χ2n) is 4.87. The minimum absolute atomic E-state index is 0.00884. The Kier molecular flexibility index (Phi) is 3.82. The molecule has 3 unspecified atom stereocenters. The third-order valence-electron chi connectivity index (χ3n) is 3.74. The van der Waals surface area contributed by atoms with Gasteiger partial charge in [0.2, 0.25) is 0 Å². The van der Waals surface area contributed by atoms with Crippen molar-refractivity contribution < 1.29 is 14.6 Å². The predicted octanol–water partition coefficient (Wildman–Crippen LogP) is 0.927. The highest BCUT2D eigenvalue weighted by Gasteiger charge is 2.34. The summed E-state index contributed by atoms with van der Waals surface area (Å²) in [5.41, 5.74) is 0. The summed E-state index contributed by atoms with van der Waals surface area (Å²) in [6.07, 6.45) is 5.07. The van der Waals surface area contributed by atoms with E-state index in [0.29, 0.717) is 6.61 Å². The molecule has 1 aliphatic heterocycles. The molecule has 16 heavy (non-hydrogen) atoms. The Hall–Kier alpha value is -0.610. The van der Waals surface area contributed by atoms with E-state index in [-0.39, 0.29) is 24.2 Å². The van der Waals surface area contributed by atoms with E-state index in [0.717, 1.165) is 38.5 Å². The van der Waals surface area contributed by atoms with Gasteiger partial charge in [-0.2, -0.15) is 0 Å². The first-order valence-electron chi connectivity index (χ1n) is 6.26. The first kappa shape index (κ1) is 11.9. The van der Waals surface area contributed by atoms with Crippen LogP contribution in [0.25, 0.3) is 0 Å². The number of rotatable bonds is 2. The molecule has 3 atom stereocenters. The van der Waals surface area contributed by atoms with Gasteiger partial charge in [-0.05, 0) is 25.7 Å². The van der Waals surface area contributed by atoms with Crippen LogP contribution >= 0.6 is 0 Å². The fraction of sp³-hybridized carbons (Fsp3) is 0.917. The minimum Gasteiger partial charge on any atom is -0.391 e. The molecule has 0 bridgehead atoms. The zero-order valence-electron chi connectivity index (χ0n) is 9.89. The second-order valence-corrected chi connectivity index (χ2v) is 4.87. The molecule has 2 aliphatic rings. The predicted molar refractivity (Wildman–Crippen MR) is 60.0 cm³/mol. The largest absolute Gasteiger partial charge is 0.391 e. The topological polar surface area (TPSA) is 49.8 Å². The van der Waals surface area contributed by atoms with Gasteiger partial charge in [-0.3, -0.25) is 4.79 Å². The summed E-state index contributed by atoms with van der Waals surface area (Å²) < 4.78 is 5.39. The summed E-state index contributed by atoms with van der Waals surface area (Å²) in [5, 5.41) is 9.90. The van der Waals surface area contributed by atoms with Crippen LogP contribution in [-0.4, -0.2) is 47.8 Å². The van der Waals surface area contributed by atoms with E-state index >= 15 is 0 Å². The number of ether oxygens (including phenoxy) is 1. The maximum absolute atomic E-state index is 12.1. The lowest BCUT2D eigenvalue weighted by Gasteiger charge is -2.36. The number of aliphatic hydroxyl groups is 1. The minimum atomic E-state index is -0.357. The van der Waals surface area contributed by atoms with Gasteiger partial charge < -0.3 is 14.7 Å². The van der Waals surface area contributed by atoms with Crippen LogP contribution in [0, 0.1) is 0 Å². The standard InChI is InChI=1S/C12H21NO3/c1-13(9-5-2-3-6-10(9)14)12(15)11-7-4-8-16-11/h9-11,14H,2-8H2,1H3. The van der Waals surface area contributed by atoms with Crippen molar-refractivity contribution in [1.82, 2.24) is 4.90 Å². The summed E-state index contributed by atoms with van der Waals surface area (Å²) in [6, 6.07) is -0.00884. The lowest BCUT2D eigenvalue weighted by Crippen LogP contribution is -2.49. The SMILES string of the molecule is CN(C(=O)C1CCCO1)C1CCCCC1O. The van der Waals surface area contributed by atoms with Gasteiger partial charge in [0.05, 0.1) is 12.1 Å².